The van der Waals surface area contributed by atoms with Gasteiger partial charge < -0.3 is 20.1 Å². The Bertz CT molecular complexity index is 780. The van der Waals surface area contributed by atoms with Crippen LogP contribution < -0.4 is 10.6 Å². The van der Waals surface area contributed by atoms with E-state index in [0.29, 0.717) is 5.69 Å². The van der Waals surface area contributed by atoms with Crippen molar-refractivity contribution in [3.05, 3.63) is 66.2 Å². The van der Waals surface area contributed by atoms with Crippen molar-refractivity contribution in [2.24, 2.45) is 5.92 Å². The maximum Gasteiger partial charge on any atom is 0.329 e. The van der Waals surface area contributed by atoms with Crippen molar-refractivity contribution in [1.29, 1.82) is 0 Å². The first-order chi connectivity index (χ1) is 13.5. The molecule has 0 spiro atoms. The van der Waals surface area contributed by atoms with Crippen LogP contribution in [0.3, 0.4) is 0 Å². The predicted octanol–water partition coefficient (Wildman–Crippen LogP) is 3.12. The van der Waals surface area contributed by atoms with Crippen LogP contribution in [0.4, 0.5) is 10.5 Å². The SMILES string of the molecule is COC(=O)CC(C)[C@H](NC(=O)Nc1ccccc1)C(=O)OCc1ccccc1. The molecule has 2 atom stereocenters. The van der Waals surface area contributed by atoms with E-state index < -0.39 is 29.9 Å². The highest BCUT2D eigenvalue weighted by atomic mass is 16.5. The quantitative estimate of drug-likeness (QED) is 0.682. The number of anilines is 1. The minimum Gasteiger partial charge on any atom is -0.469 e. The second-order valence-corrected chi connectivity index (χ2v) is 6.29. The number of hydrogen-bond acceptors (Lipinski definition) is 5. The van der Waals surface area contributed by atoms with E-state index in [1.54, 1.807) is 31.2 Å². The zero-order chi connectivity index (χ0) is 20.4. The van der Waals surface area contributed by atoms with Crippen LogP contribution in [0.5, 0.6) is 0 Å². The van der Waals surface area contributed by atoms with E-state index in [4.69, 9.17) is 4.74 Å². The van der Waals surface area contributed by atoms with Crippen molar-refractivity contribution in [3.63, 3.8) is 0 Å². The molecule has 0 heterocycles. The molecule has 2 amide bonds. The lowest BCUT2D eigenvalue weighted by Gasteiger charge is -2.23. The van der Waals surface area contributed by atoms with Gasteiger partial charge in [-0.05, 0) is 23.6 Å². The highest BCUT2D eigenvalue weighted by Crippen LogP contribution is 2.13. The molecule has 148 valence electrons. The molecule has 0 aliphatic carbocycles. The topological polar surface area (TPSA) is 93.7 Å². The Morgan fingerprint density at radius 1 is 0.964 bits per heavy atom. The average Bonchev–Trinajstić information content (AvgIpc) is 2.71. The Labute approximate surface area is 164 Å². The summed E-state index contributed by atoms with van der Waals surface area (Å²) in [5.74, 6) is -1.61. The second-order valence-electron chi connectivity index (χ2n) is 6.29. The van der Waals surface area contributed by atoms with E-state index in [1.807, 2.05) is 36.4 Å². The molecule has 0 aromatic heterocycles. The number of esters is 2. The fourth-order valence-corrected chi connectivity index (χ4v) is 2.55. The Kier molecular flexibility index (Phi) is 8.02. The number of carbonyl (C=O) groups is 3. The van der Waals surface area contributed by atoms with Gasteiger partial charge in [-0.25, -0.2) is 9.59 Å². The fourth-order valence-electron chi connectivity index (χ4n) is 2.55. The van der Waals surface area contributed by atoms with Crippen LogP contribution in [0.1, 0.15) is 18.9 Å². The number of benzene rings is 2. The van der Waals surface area contributed by atoms with Gasteiger partial charge in [-0.2, -0.15) is 0 Å². The minimum atomic E-state index is -1.01. The van der Waals surface area contributed by atoms with E-state index in [2.05, 4.69) is 15.4 Å². The molecule has 1 unspecified atom stereocenters. The number of urea groups is 1. The molecule has 0 saturated heterocycles. The average molecular weight is 384 g/mol. The van der Waals surface area contributed by atoms with E-state index >= 15 is 0 Å². The number of nitrogens with one attached hydrogen (secondary N) is 2. The molecule has 0 fully saturated rings. The van der Waals surface area contributed by atoms with Crippen molar-refractivity contribution < 1.29 is 23.9 Å². The number of methoxy groups -OCH3 is 1. The Hall–Kier alpha value is -3.35. The first-order valence-electron chi connectivity index (χ1n) is 8.89. The first kappa shape index (κ1) is 21.0. The second kappa shape index (κ2) is 10.7. The highest BCUT2D eigenvalue weighted by molar-refractivity contribution is 5.92. The van der Waals surface area contributed by atoms with Gasteiger partial charge in [-0.3, -0.25) is 4.79 Å². The number of ether oxygens (including phenoxy) is 2. The highest BCUT2D eigenvalue weighted by Gasteiger charge is 2.30. The molecule has 7 heteroatoms. The third-order valence-electron chi connectivity index (χ3n) is 4.08. The Morgan fingerprint density at radius 3 is 2.18 bits per heavy atom. The monoisotopic (exact) mass is 384 g/mol. The molecule has 2 aromatic rings. The van der Waals surface area contributed by atoms with Crippen LogP contribution in [0, 0.1) is 5.92 Å². The zero-order valence-corrected chi connectivity index (χ0v) is 15.9. The van der Waals surface area contributed by atoms with Gasteiger partial charge in [0, 0.05) is 5.69 Å². The molecule has 2 N–H and O–H groups in total. The molecular formula is C21H24N2O5. The molecule has 7 nitrogen and oxygen atoms in total. The van der Waals surface area contributed by atoms with Crippen molar-refractivity contribution in [2.75, 3.05) is 12.4 Å². The smallest absolute Gasteiger partial charge is 0.329 e. The Morgan fingerprint density at radius 2 is 1.57 bits per heavy atom. The summed E-state index contributed by atoms with van der Waals surface area (Å²) < 4.78 is 10.0. The number of para-hydroxylation sites is 1. The lowest BCUT2D eigenvalue weighted by molar-refractivity contribution is -0.149. The molecule has 2 aromatic carbocycles. The van der Waals surface area contributed by atoms with Crippen molar-refractivity contribution in [1.82, 2.24) is 5.32 Å². The summed E-state index contributed by atoms with van der Waals surface area (Å²) in [6, 6.07) is 16.5. The third kappa shape index (κ3) is 6.75. The maximum absolute atomic E-state index is 12.6. The number of hydrogen-bond donors (Lipinski definition) is 2. The van der Waals surface area contributed by atoms with E-state index in [-0.39, 0.29) is 13.0 Å². The van der Waals surface area contributed by atoms with Gasteiger partial charge in [-0.15, -0.1) is 0 Å². The zero-order valence-electron chi connectivity index (χ0n) is 15.9. The summed E-state index contributed by atoms with van der Waals surface area (Å²) in [4.78, 5) is 36.5. The van der Waals surface area contributed by atoms with Gasteiger partial charge >= 0.3 is 18.0 Å². The normalized spacial score (nSPS) is 12.4. The summed E-state index contributed by atoms with van der Waals surface area (Å²) in [7, 11) is 1.27. The number of rotatable bonds is 8. The van der Waals surface area contributed by atoms with Gasteiger partial charge in [0.25, 0.3) is 0 Å². The lowest BCUT2D eigenvalue weighted by atomic mass is 9.98. The van der Waals surface area contributed by atoms with Crippen molar-refractivity contribution in [3.8, 4) is 0 Å². The van der Waals surface area contributed by atoms with E-state index in [0.717, 1.165) is 5.56 Å². The van der Waals surface area contributed by atoms with Gasteiger partial charge in [0.2, 0.25) is 0 Å². The standard InChI is InChI=1S/C21H24N2O5/c1-15(13-18(24)27-2)19(20(25)28-14-16-9-5-3-6-10-16)23-21(26)22-17-11-7-4-8-12-17/h3-12,15,19H,13-14H2,1-2H3,(H2,22,23,26)/t15?,19-/m0/s1. The number of carbonyl (C=O) groups excluding carboxylic acids is 3. The first-order valence-corrected chi connectivity index (χ1v) is 8.89. The maximum atomic E-state index is 12.6. The van der Waals surface area contributed by atoms with Gasteiger partial charge in [-0.1, -0.05) is 55.5 Å². The van der Waals surface area contributed by atoms with Crippen LogP contribution in [-0.2, 0) is 25.7 Å². The Balaban J connectivity index is 2.03. The molecule has 2 rings (SSSR count). The van der Waals surface area contributed by atoms with E-state index in [9.17, 15) is 14.4 Å². The minimum absolute atomic E-state index is 0.0345. The fraction of sp³-hybridized carbons (Fsp3) is 0.286. The molecule has 0 radical (unpaired) electrons. The van der Waals surface area contributed by atoms with Gasteiger partial charge in [0.05, 0.1) is 13.5 Å². The van der Waals surface area contributed by atoms with Crippen LogP contribution in [0.2, 0.25) is 0 Å². The van der Waals surface area contributed by atoms with Gasteiger partial charge in [0.1, 0.15) is 12.6 Å². The van der Waals surface area contributed by atoms with Crippen LogP contribution in [-0.4, -0.2) is 31.1 Å². The molecule has 0 aliphatic heterocycles. The van der Waals surface area contributed by atoms with Crippen LogP contribution in [0.15, 0.2) is 60.7 Å². The number of amides is 2. The summed E-state index contributed by atoms with van der Waals surface area (Å²) in [6.07, 6.45) is -0.0345. The largest absolute Gasteiger partial charge is 0.469 e. The molecule has 28 heavy (non-hydrogen) atoms. The summed E-state index contributed by atoms with van der Waals surface area (Å²) in [5, 5.41) is 5.25. The van der Waals surface area contributed by atoms with Crippen molar-refractivity contribution in [2.45, 2.75) is 26.0 Å². The molecule has 0 saturated carbocycles. The molecule has 0 aliphatic rings. The predicted molar refractivity (Wildman–Crippen MR) is 104 cm³/mol. The molecular weight excluding hydrogens is 360 g/mol. The summed E-state index contributed by atoms with van der Waals surface area (Å²) in [6.45, 7) is 1.75. The summed E-state index contributed by atoms with van der Waals surface area (Å²) >= 11 is 0. The van der Waals surface area contributed by atoms with Crippen LogP contribution in [0.25, 0.3) is 0 Å². The lowest BCUT2D eigenvalue weighted by Crippen LogP contribution is -2.48. The van der Waals surface area contributed by atoms with Crippen LogP contribution >= 0.6 is 0 Å². The third-order valence-corrected chi connectivity index (χ3v) is 4.08. The van der Waals surface area contributed by atoms with Crippen molar-refractivity contribution >= 4 is 23.7 Å². The molecule has 0 bridgehead atoms. The van der Waals surface area contributed by atoms with Gasteiger partial charge in [0.15, 0.2) is 0 Å². The summed E-state index contributed by atoms with van der Waals surface area (Å²) in [5.41, 5.74) is 1.40. The van der Waals surface area contributed by atoms with E-state index in [1.165, 1.54) is 7.11 Å².